The van der Waals surface area contributed by atoms with Crippen LogP contribution < -0.4 is 10.2 Å². The monoisotopic (exact) mass is 382 g/mol. The quantitative estimate of drug-likeness (QED) is 0.643. The zero-order valence-corrected chi connectivity index (χ0v) is 16.2. The number of fused-ring (bicyclic) bond motifs is 1. The summed E-state index contributed by atoms with van der Waals surface area (Å²) in [5.41, 5.74) is 0.713. The minimum Gasteiger partial charge on any atom is -0.469 e. The molecule has 1 aliphatic heterocycles. The number of hydrogen-bond acceptors (Lipinski definition) is 6. The van der Waals surface area contributed by atoms with Crippen molar-refractivity contribution in [2.24, 2.45) is 0 Å². The van der Waals surface area contributed by atoms with Gasteiger partial charge in [0.05, 0.1) is 6.26 Å². The van der Waals surface area contributed by atoms with E-state index in [2.05, 4.69) is 25.5 Å². The lowest BCUT2D eigenvalue weighted by Gasteiger charge is -2.16. The summed E-state index contributed by atoms with van der Waals surface area (Å²) in [5.74, 6) is 2.62. The minimum atomic E-state index is 0.0133. The Kier molecular flexibility index (Phi) is 5.55. The van der Waals surface area contributed by atoms with E-state index in [1.54, 1.807) is 10.8 Å². The Morgan fingerprint density at radius 2 is 2.07 bits per heavy atom. The predicted molar refractivity (Wildman–Crippen MR) is 105 cm³/mol. The van der Waals surface area contributed by atoms with Gasteiger partial charge in [-0.1, -0.05) is 0 Å². The standard InChI is InChI=1S/C20H26N6O2/c1-15(6-7-16-5-4-14-28-16)21-20(27)11-10-18-23-22-17-8-9-19(24-26(17)18)25-12-2-3-13-25/h4-5,8-9,14-15H,2-3,6-7,10-13H2,1H3,(H,21,27)/t15-/m1/s1. The van der Waals surface area contributed by atoms with E-state index < -0.39 is 0 Å². The fourth-order valence-electron chi connectivity index (χ4n) is 3.55. The molecule has 1 N–H and O–H groups in total. The second-order valence-corrected chi connectivity index (χ2v) is 7.36. The zero-order valence-electron chi connectivity index (χ0n) is 16.2. The van der Waals surface area contributed by atoms with Crippen molar-refractivity contribution in [1.82, 2.24) is 25.1 Å². The highest BCUT2D eigenvalue weighted by molar-refractivity contribution is 5.76. The van der Waals surface area contributed by atoms with Crippen molar-refractivity contribution >= 4 is 17.4 Å². The van der Waals surface area contributed by atoms with Gasteiger partial charge >= 0.3 is 0 Å². The maximum atomic E-state index is 12.3. The first kappa shape index (κ1) is 18.5. The van der Waals surface area contributed by atoms with Crippen molar-refractivity contribution in [2.75, 3.05) is 18.0 Å². The summed E-state index contributed by atoms with van der Waals surface area (Å²) in [5, 5.41) is 16.1. The first-order chi connectivity index (χ1) is 13.7. The first-order valence-corrected chi connectivity index (χ1v) is 9.97. The molecule has 1 aliphatic rings. The van der Waals surface area contributed by atoms with Crippen LogP contribution in [0.4, 0.5) is 5.82 Å². The van der Waals surface area contributed by atoms with Crippen LogP contribution in [0.1, 0.15) is 44.2 Å². The van der Waals surface area contributed by atoms with Gasteiger partial charge < -0.3 is 14.6 Å². The molecule has 8 heteroatoms. The molecule has 1 fully saturated rings. The van der Waals surface area contributed by atoms with E-state index in [0.717, 1.165) is 43.3 Å². The third-order valence-corrected chi connectivity index (χ3v) is 5.13. The highest BCUT2D eigenvalue weighted by Crippen LogP contribution is 2.18. The molecular formula is C20H26N6O2. The number of aryl methyl sites for hydroxylation is 2. The number of furan rings is 1. The molecule has 1 saturated heterocycles. The molecule has 4 heterocycles. The topological polar surface area (TPSA) is 88.6 Å². The number of aromatic nitrogens is 4. The Bertz CT molecular complexity index is 914. The van der Waals surface area contributed by atoms with Crippen LogP contribution in [0.2, 0.25) is 0 Å². The Hall–Kier alpha value is -2.90. The second-order valence-electron chi connectivity index (χ2n) is 7.36. The predicted octanol–water partition coefficient (Wildman–Crippen LogP) is 2.39. The average molecular weight is 382 g/mol. The highest BCUT2D eigenvalue weighted by atomic mass is 16.3. The number of carbonyl (C=O) groups excluding carboxylic acids is 1. The van der Waals surface area contributed by atoms with Crippen LogP contribution in [0, 0.1) is 0 Å². The molecule has 8 nitrogen and oxygen atoms in total. The molecule has 0 radical (unpaired) electrons. The smallest absolute Gasteiger partial charge is 0.220 e. The van der Waals surface area contributed by atoms with Gasteiger partial charge in [-0.25, -0.2) is 0 Å². The Morgan fingerprint density at radius 3 is 2.86 bits per heavy atom. The lowest BCUT2D eigenvalue weighted by atomic mass is 10.1. The number of anilines is 1. The van der Waals surface area contributed by atoms with Crippen LogP contribution in [0.5, 0.6) is 0 Å². The molecular weight excluding hydrogens is 356 g/mol. The maximum Gasteiger partial charge on any atom is 0.220 e. The van der Waals surface area contributed by atoms with Gasteiger partial charge in [0.1, 0.15) is 11.6 Å². The third-order valence-electron chi connectivity index (χ3n) is 5.13. The number of rotatable bonds is 8. The fourth-order valence-corrected chi connectivity index (χ4v) is 3.55. The molecule has 0 spiro atoms. The Balaban J connectivity index is 1.31. The molecule has 4 rings (SSSR count). The summed E-state index contributed by atoms with van der Waals surface area (Å²) in [6, 6.07) is 7.85. The number of carbonyl (C=O) groups is 1. The summed E-state index contributed by atoms with van der Waals surface area (Å²) in [6.07, 6.45) is 6.60. The average Bonchev–Trinajstić information content (AvgIpc) is 3.46. The summed E-state index contributed by atoms with van der Waals surface area (Å²) in [6.45, 7) is 4.08. The van der Waals surface area contributed by atoms with E-state index >= 15 is 0 Å². The van der Waals surface area contributed by atoms with Crippen molar-refractivity contribution in [3.05, 3.63) is 42.1 Å². The molecule has 0 bridgehead atoms. The van der Waals surface area contributed by atoms with E-state index in [9.17, 15) is 4.79 Å². The molecule has 148 valence electrons. The van der Waals surface area contributed by atoms with Crippen molar-refractivity contribution < 1.29 is 9.21 Å². The van der Waals surface area contributed by atoms with E-state index in [1.165, 1.54) is 12.8 Å². The first-order valence-electron chi connectivity index (χ1n) is 9.97. The van der Waals surface area contributed by atoms with E-state index in [4.69, 9.17) is 4.42 Å². The second kappa shape index (κ2) is 8.41. The van der Waals surface area contributed by atoms with Gasteiger partial charge in [-0.2, -0.15) is 4.52 Å². The normalized spacial score (nSPS) is 15.2. The van der Waals surface area contributed by atoms with Crippen LogP contribution in [0.3, 0.4) is 0 Å². The molecule has 3 aromatic rings. The number of amides is 1. The van der Waals surface area contributed by atoms with Gasteiger partial charge in [-0.05, 0) is 50.5 Å². The largest absolute Gasteiger partial charge is 0.469 e. The number of hydrogen-bond donors (Lipinski definition) is 1. The zero-order chi connectivity index (χ0) is 19.3. The van der Waals surface area contributed by atoms with E-state index in [1.807, 2.05) is 31.2 Å². The number of nitrogens with one attached hydrogen (secondary N) is 1. The van der Waals surface area contributed by atoms with Gasteiger partial charge in [0, 0.05) is 38.4 Å². The molecule has 28 heavy (non-hydrogen) atoms. The van der Waals surface area contributed by atoms with Gasteiger partial charge in [0.25, 0.3) is 0 Å². The number of nitrogens with zero attached hydrogens (tertiary/aromatic N) is 5. The highest BCUT2D eigenvalue weighted by Gasteiger charge is 2.16. The van der Waals surface area contributed by atoms with Crippen molar-refractivity contribution in [3.63, 3.8) is 0 Å². The lowest BCUT2D eigenvalue weighted by Crippen LogP contribution is -2.33. The molecule has 0 saturated carbocycles. The molecule has 1 atom stereocenters. The summed E-state index contributed by atoms with van der Waals surface area (Å²) in [7, 11) is 0. The molecule has 1 amide bonds. The molecule has 0 unspecified atom stereocenters. The van der Waals surface area contributed by atoms with Crippen LogP contribution in [-0.4, -0.2) is 44.8 Å². The van der Waals surface area contributed by atoms with Crippen LogP contribution in [0.25, 0.3) is 5.65 Å². The van der Waals surface area contributed by atoms with E-state index in [-0.39, 0.29) is 11.9 Å². The van der Waals surface area contributed by atoms with Crippen LogP contribution in [0.15, 0.2) is 34.9 Å². The fraction of sp³-hybridized carbons (Fsp3) is 0.500. The minimum absolute atomic E-state index is 0.0133. The molecule has 3 aromatic heterocycles. The van der Waals surface area contributed by atoms with Gasteiger partial charge in [0.15, 0.2) is 11.5 Å². The van der Waals surface area contributed by atoms with Gasteiger partial charge in [-0.15, -0.1) is 15.3 Å². The van der Waals surface area contributed by atoms with Gasteiger partial charge in [0.2, 0.25) is 5.91 Å². The third kappa shape index (κ3) is 4.32. The van der Waals surface area contributed by atoms with E-state index in [0.29, 0.717) is 18.5 Å². The van der Waals surface area contributed by atoms with Gasteiger partial charge in [-0.3, -0.25) is 4.79 Å². The molecule has 0 aromatic carbocycles. The summed E-state index contributed by atoms with van der Waals surface area (Å²) in [4.78, 5) is 14.6. The maximum absolute atomic E-state index is 12.3. The van der Waals surface area contributed by atoms with Crippen molar-refractivity contribution in [1.29, 1.82) is 0 Å². The Labute approximate surface area is 163 Å². The van der Waals surface area contributed by atoms with Crippen LogP contribution >= 0.6 is 0 Å². The molecule has 0 aliphatic carbocycles. The van der Waals surface area contributed by atoms with Crippen molar-refractivity contribution in [3.8, 4) is 0 Å². The summed E-state index contributed by atoms with van der Waals surface area (Å²) >= 11 is 0. The summed E-state index contributed by atoms with van der Waals surface area (Å²) < 4.78 is 7.10. The Morgan fingerprint density at radius 1 is 1.21 bits per heavy atom. The van der Waals surface area contributed by atoms with Crippen molar-refractivity contribution in [2.45, 2.75) is 51.5 Å². The lowest BCUT2D eigenvalue weighted by molar-refractivity contribution is -0.121. The van der Waals surface area contributed by atoms with Crippen LogP contribution in [-0.2, 0) is 17.6 Å². The SMILES string of the molecule is C[C@H](CCc1ccco1)NC(=O)CCc1nnc2ccc(N3CCCC3)nn12.